The summed E-state index contributed by atoms with van der Waals surface area (Å²) in [7, 11) is 0. The van der Waals surface area contributed by atoms with Crippen LogP contribution in [0.5, 0.6) is 5.75 Å². The monoisotopic (exact) mass is 354 g/mol. The first-order valence-corrected chi connectivity index (χ1v) is 9.16. The molecule has 26 heavy (non-hydrogen) atoms. The summed E-state index contributed by atoms with van der Waals surface area (Å²) in [5, 5.41) is 3.14. The van der Waals surface area contributed by atoms with E-state index in [9.17, 15) is 4.79 Å². The van der Waals surface area contributed by atoms with Crippen molar-refractivity contribution in [2.75, 3.05) is 6.61 Å². The van der Waals surface area contributed by atoms with Gasteiger partial charge in [0.05, 0.1) is 6.10 Å². The normalized spacial score (nSPS) is 20.0. The fourth-order valence-corrected chi connectivity index (χ4v) is 3.07. The van der Waals surface area contributed by atoms with Crippen LogP contribution in [0.15, 0.2) is 48.8 Å². The van der Waals surface area contributed by atoms with E-state index in [0.29, 0.717) is 30.4 Å². The third-order valence-corrected chi connectivity index (χ3v) is 4.62. The minimum atomic E-state index is -0.0637. The highest BCUT2D eigenvalue weighted by Crippen LogP contribution is 2.21. The zero-order valence-corrected chi connectivity index (χ0v) is 15.4. The average Bonchev–Trinajstić information content (AvgIpc) is 2.67. The number of nitrogens with zero attached hydrogens (tertiary/aromatic N) is 1. The number of hydrogen-bond acceptors (Lipinski definition) is 4. The molecule has 1 amide bonds. The van der Waals surface area contributed by atoms with E-state index >= 15 is 0 Å². The number of hydrogen-bond donors (Lipinski definition) is 1. The van der Waals surface area contributed by atoms with Crippen molar-refractivity contribution in [2.45, 2.75) is 45.4 Å². The van der Waals surface area contributed by atoms with E-state index in [-0.39, 0.29) is 18.1 Å². The van der Waals surface area contributed by atoms with Crippen molar-refractivity contribution in [3.63, 3.8) is 0 Å². The fraction of sp³-hybridized carbons (Fsp3) is 0.429. The van der Waals surface area contributed by atoms with Crippen molar-refractivity contribution in [3.05, 3.63) is 59.9 Å². The van der Waals surface area contributed by atoms with Crippen LogP contribution < -0.4 is 10.1 Å². The Hall–Kier alpha value is -2.40. The van der Waals surface area contributed by atoms with Gasteiger partial charge >= 0.3 is 0 Å². The topological polar surface area (TPSA) is 60.5 Å². The Kier molecular flexibility index (Phi) is 6.23. The van der Waals surface area contributed by atoms with E-state index in [4.69, 9.17) is 9.47 Å². The molecule has 2 aromatic rings. The van der Waals surface area contributed by atoms with Crippen LogP contribution in [-0.2, 0) is 11.3 Å². The van der Waals surface area contributed by atoms with Crippen molar-refractivity contribution < 1.29 is 14.3 Å². The van der Waals surface area contributed by atoms with E-state index in [2.05, 4.69) is 24.1 Å². The molecule has 1 aromatic heterocycles. The van der Waals surface area contributed by atoms with E-state index in [1.165, 1.54) is 0 Å². The van der Waals surface area contributed by atoms with Crippen LogP contribution >= 0.6 is 0 Å². The molecule has 0 aliphatic carbocycles. The van der Waals surface area contributed by atoms with Gasteiger partial charge in [-0.25, -0.2) is 0 Å². The summed E-state index contributed by atoms with van der Waals surface area (Å²) in [5.41, 5.74) is 1.60. The number of amides is 1. The maximum atomic E-state index is 12.6. The van der Waals surface area contributed by atoms with Crippen LogP contribution in [0.25, 0.3) is 0 Å². The number of nitrogens with one attached hydrogen (secondary N) is 1. The molecule has 1 aromatic carbocycles. The molecule has 0 radical (unpaired) electrons. The van der Waals surface area contributed by atoms with Gasteiger partial charge in [0.25, 0.3) is 5.91 Å². The molecular formula is C21H26N2O3. The number of benzene rings is 1. The van der Waals surface area contributed by atoms with Crippen LogP contribution in [0.4, 0.5) is 0 Å². The summed E-state index contributed by atoms with van der Waals surface area (Å²) < 4.78 is 11.6. The number of pyridine rings is 1. The molecular weight excluding hydrogens is 328 g/mol. The van der Waals surface area contributed by atoms with Gasteiger partial charge in [0.2, 0.25) is 0 Å². The number of carbonyl (C=O) groups excluding carboxylic acids is 1. The molecule has 5 nitrogen and oxygen atoms in total. The molecule has 0 unspecified atom stereocenters. The first kappa shape index (κ1) is 18.4. The first-order chi connectivity index (χ1) is 12.6. The lowest BCUT2D eigenvalue weighted by molar-refractivity contribution is -0.0233. The molecule has 3 rings (SSSR count). The summed E-state index contributed by atoms with van der Waals surface area (Å²) in [6, 6.07) is 11.3. The van der Waals surface area contributed by atoms with Gasteiger partial charge in [-0.2, -0.15) is 0 Å². The van der Waals surface area contributed by atoms with Crippen LogP contribution in [0.3, 0.4) is 0 Å². The van der Waals surface area contributed by atoms with Gasteiger partial charge < -0.3 is 14.8 Å². The smallest absolute Gasteiger partial charge is 0.251 e. The van der Waals surface area contributed by atoms with Crippen LogP contribution in [0.1, 0.15) is 42.6 Å². The second-order valence-corrected chi connectivity index (χ2v) is 7.03. The summed E-state index contributed by atoms with van der Waals surface area (Å²) in [5.74, 6) is 1.07. The molecule has 1 aliphatic heterocycles. The van der Waals surface area contributed by atoms with Crippen molar-refractivity contribution in [2.24, 2.45) is 5.92 Å². The summed E-state index contributed by atoms with van der Waals surface area (Å²) in [6.07, 6.45) is 5.43. The Morgan fingerprint density at radius 3 is 3.00 bits per heavy atom. The SMILES string of the molecule is CC(C)[C@H]1C[C@H](NC(=O)c2cccc(OCc3cccnc3)c2)CCO1. The third kappa shape index (κ3) is 5.05. The number of rotatable bonds is 6. The minimum Gasteiger partial charge on any atom is -0.489 e. The molecule has 0 saturated carbocycles. The summed E-state index contributed by atoms with van der Waals surface area (Å²) >= 11 is 0. The van der Waals surface area contributed by atoms with Gasteiger partial charge in [-0.15, -0.1) is 0 Å². The second kappa shape index (κ2) is 8.81. The average molecular weight is 354 g/mol. The Morgan fingerprint density at radius 2 is 2.23 bits per heavy atom. The predicted molar refractivity (Wildman–Crippen MR) is 100 cm³/mol. The molecule has 2 atom stereocenters. The number of carbonyl (C=O) groups is 1. The predicted octanol–water partition coefficient (Wildman–Crippen LogP) is 3.59. The van der Waals surface area contributed by atoms with Gasteiger partial charge in [-0.3, -0.25) is 9.78 Å². The molecule has 1 fully saturated rings. The van der Waals surface area contributed by atoms with Gasteiger partial charge in [-0.05, 0) is 43.0 Å². The molecule has 5 heteroatoms. The Labute approximate surface area is 154 Å². The molecule has 1 N–H and O–H groups in total. The maximum Gasteiger partial charge on any atom is 0.251 e. The highest BCUT2D eigenvalue weighted by Gasteiger charge is 2.26. The van der Waals surface area contributed by atoms with E-state index in [0.717, 1.165) is 18.4 Å². The standard InChI is InChI=1S/C21H26N2O3/c1-15(2)20-12-18(8-10-25-20)23-21(24)17-6-3-7-19(11-17)26-14-16-5-4-9-22-13-16/h3-7,9,11,13,15,18,20H,8,10,12,14H2,1-2H3,(H,23,24)/t18-,20-/m1/s1. The van der Waals surface area contributed by atoms with Gasteiger partial charge in [0.15, 0.2) is 0 Å². The maximum absolute atomic E-state index is 12.6. The number of aromatic nitrogens is 1. The highest BCUT2D eigenvalue weighted by molar-refractivity contribution is 5.94. The van der Waals surface area contributed by atoms with Gasteiger partial charge in [-0.1, -0.05) is 26.0 Å². The van der Waals surface area contributed by atoms with Crippen LogP contribution in [0, 0.1) is 5.92 Å². The summed E-state index contributed by atoms with van der Waals surface area (Å²) in [6.45, 7) is 5.42. The van der Waals surface area contributed by atoms with Gasteiger partial charge in [0, 0.05) is 36.2 Å². The minimum absolute atomic E-state index is 0.0637. The second-order valence-electron chi connectivity index (χ2n) is 7.03. The Morgan fingerprint density at radius 1 is 1.35 bits per heavy atom. The van der Waals surface area contributed by atoms with Crippen LogP contribution in [0.2, 0.25) is 0 Å². The lowest BCUT2D eigenvalue weighted by Gasteiger charge is -2.32. The van der Waals surface area contributed by atoms with Crippen molar-refractivity contribution in [1.82, 2.24) is 10.3 Å². The van der Waals surface area contributed by atoms with Gasteiger partial charge in [0.1, 0.15) is 12.4 Å². The molecule has 1 saturated heterocycles. The lowest BCUT2D eigenvalue weighted by Crippen LogP contribution is -2.43. The Bertz CT molecular complexity index is 718. The highest BCUT2D eigenvalue weighted by atomic mass is 16.5. The van der Waals surface area contributed by atoms with E-state index in [1.54, 1.807) is 18.5 Å². The third-order valence-electron chi connectivity index (χ3n) is 4.62. The lowest BCUT2D eigenvalue weighted by atomic mass is 9.95. The molecule has 0 spiro atoms. The van der Waals surface area contributed by atoms with E-state index in [1.807, 2.05) is 30.3 Å². The van der Waals surface area contributed by atoms with Crippen LogP contribution in [-0.4, -0.2) is 29.6 Å². The molecule has 138 valence electrons. The molecule has 2 heterocycles. The summed E-state index contributed by atoms with van der Waals surface area (Å²) in [4.78, 5) is 16.7. The molecule has 1 aliphatic rings. The molecule has 0 bridgehead atoms. The zero-order chi connectivity index (χ0) is 18.4. The quantitative estimate of drug-likeness (QED) is 0.861. The Balaban J connectivity index is 1.57. The largest absolute Gasteiger partial charge is 0.489 e. The zero-order valence-electron chi connectivity index (χ0n) is 15.4. The van der Waals surface area contributed by atoms with E-state index < -0.39 is 0 Å². The van der Waals surface area contributed by atoms with Crippen molar-refractivity contribution >= 4 is 5.91 Å². The fourth-order valence-electron chi connectivity index (χ4n) is 3.07. The van der Waals surface area contributed by atoms with Crippen molar-refractivity contribution in [3.8, 4) is 5.75 Å². The van der Waals surface area contributed by atoms with Crippen molar-refractivity contribution in [1.29, 1.82) is 0 Å². The first-order valence-electron chi connectivity index (χ1n) is 9.16. The number of ether oxygens (including phenoxy) is 2.